The molecule has 0 amide bonds. The highest BCUT2D eigenvalue weighted by Gasteiger charge is 2.22. The van der Waals surface area contributed by atoms with E-state index in [9.17, 15) is 8.42 Å². The SMILES string of the molecule is NCC#Cc1ccc(S(=O)(=O)NN2CCCCC2)c(Cl)c1. The molecule has 5 nitrogen and oxygen atoms in total. The lowest BCUT2D eigenvalue weighted by atomic mass is 10.2. The van der Waals surface area contributed by atoms with Crippen molar-refractivity contribution in [3.8, 4) is 11.8 Å². The summed E-state index contributed by atoms with van der Waals surface area (Å²) in [6, 6.07) is 4.63. The second kappa shape index (κ2) is 7.25. The molecule has 0 atom stereocenters. The number of nitrogens with one attached hydrogen (secondary N) is 1. The molecule has 0 aromatic heterocycles. The summed E-state index contributed by atoms with van der Waals surface area (Å²) in [5.41, 5.74) is 5.94. The van der Waals surface area contributed by atoms with Crippen molar-refractivity contribution < 1.29 is 8.42 Å². The molecule has 114 valence electrons. The van der Waals surface area contributed by atoms with Gasteiger partial charge in [-0.2, -0.15) is 0 Å². The first-order valence-corrected chi connectivity index (χ1v) is 8.65. The zero-order valence-corrected chi connectivity index (χ0v) is 13.2. The Hall–Kier alpha value is -1.10. The Morgan fingerprint density at radius 3 is 2.62 bits per heavy atom. The number of halogens is 1. The fourth-order valence-corrected chi connectivity index (χ4v) is 3.82. The van der Waals surface area contributed by atoms with Crippen molar-refractivity contribution in [2.75, 3.05) is 19.6 Å². The van der Waals surface area contributed by atoms with Gasteiger partial charge in [-0.25, -0.2) is 13.4 Å². The van der Waals surface area contributed by atoms with Crippen LogP contribution in [-0.4, -0.2) is 33.1 Å². The van der Waals surface area contributed by atoms with Gasteiger partial charge in [-0.05, 0) is 31.0 Å². The largest absolute Gasteiger partial charge is 0.320 e. The van der Waals surface area contributed by atoms with Gasteiger partial charge in [0.2, 0.25) is 0 Å². The summed E-state index contributed by atoms with van der Waals surface area (Å²) in [7, 11) is -3.66. The molecule has 0 saturated carbocycles. The van der Waals surface area contributed by atoms with E-state index in [2.05, 4.69) is 16.7 Å². The molecule has 1 aromatic rings. The monoisotopic (exact) mass is 327 g/mol. The molecule has 0 radical (unpaired) electrons. The van der Waals surface area contributed by atoms with Gasteiger partial charge < -0.3 is 5.73 Å². The number of rotatable bonds is 3. The van der Waals surface area contributed by atoms with E-state index in [1.807, 2.05) is 0 Å². The topological polar surface area (TPSA) is 75.4 Å². The molecular weight excluding hydrogens is 310 g/mol. The Labute approximate surface area is 130 Å². The summed E-state index contributed by atoms with van der Waals surface area (Å²) in [6.45, 7) is 1.68. The van der Waals surface area contributed by atoms with E-state index in [0.717, 1.165) is 32.4 Å². The summed E-state index contributed by atoms with van der Waals surface area (Å²) in [5.74, 6) is 5.52. The molecular formula is C14H18ClN3O2S. The quantitative estimate of drug-likeness (QED) is 0.821. The van der Waals surface area contributed by atoms with Crippen LogP contribution in [0.3, 0.4) is 0 Å². The number of nitrogens with two attached hydrogens (primary N) is 1. The second-order valence-corrected chi connectivity index (χ2v) is 6.83. The molecule has 1 saturated heterocycles. The van der Waals surface area contributed by atoms with Crippen LogP contribution in [0.15, 0.2) is 23.1 Å². The molecule has 0 spiro atoms. The highest BCUT2D eigenvalue weighted by atomic mass is 35.5. The van der Waals surface area contributed by atoms with E-state index in [4.69, 9.17) is 17.3 Å². The molecule has 1 aliphatic rings. The van der Waals surface area contributed by atoms with Gasteiger partial charge in [0, 0.05) is 18.7 Å². The summed E-state index contributed by atoms with van der Waals surface area (Å²) < 4.78 is 24.7. The van der Waals surface area contributed by atoms with Crippen LogP contribution in [0, 0.1) is 11.8 Å². The van der Waals surface area contributed by atoms with Crippen LogP contribution in [-0.2, 0) is 10.0 Å². The molecule has 7 heteroatoms. The standard InChI is InChI=1S/C14H18ClN3O2S/c15-13-11-12(5-4-8-16)6-7-14(13)21(19,20)17-18-9-2-1-3-10-18/h6-7,11,17H,1-3,8-10,16H2. The number of hydrazine groups is 1. The van der Waals surface area contributed by atoms with Gasteiger partial charge in [-0.1, -0.05) is 29.9 Å². The molecule has 3 N–H and O–H groups in total. The minimum atomic E-state index is -3.66. The zero-order chi connectivity index (χ0) is 15.3. The number of benzene rings is 1. The Bertz CT molecular complexity index is 659. The van der Waals surface area contributed by atoms with Crippen molar-refractivity contribution >= 4 is 21.6 Å². The van der Waals surface area contributed by atoms with Crippen LogP contribution in [0.1, 0.15) is 24.8 Å². The van der Waals surface area contributed by atoms with Gasteiger partial charge in [0.15, 0.2) is 0 Å². The molecule has 1 aliphatic heterocycles. The van der Waals surface area contributed by atoms with Crippen molar-refractivity contribution in [3.05, 3.63) is 28.8 Å². The lowest BCUT2D eigenvalue weighted by molar-refractivity contribution is 0.200. The number of piperidine rings is 1. The van der Waals surface area contributed by atoms with Gasteiger partial charge in [0.25, 0.3) is 10.0 Å². The maximum atomic E-state index is 12.4. The molecule has 2 rings (SSSR count). The summed E-state index contributed by atoms with van der Waals surface area (Å²) in [5, 5.41) is 1.88. The zero-order valence-electron chi connectivity index (χ0n) is 11.6. The summed E-state index contributed by atoms with van der Waals surface area (Å²) in [6.07, 6.45) is 3.11. The number of hydrogen-bond donors (Lipinski definition) is 2. The fraction of sp³-hybridized carbons (Fsp3) is 0.429. The van der Waals surface area contributed by atoms with Crippen LogP contribution < -0.4 is 10.6 Å². The maximum absolute atomic E-state index is 12.4. The van der Waals surface area contributed by atoms with Gasteiger partial charge in [-0.3, -0.25) is 0 Å². The Balaban J connectivity index is 2.19. The van der Waals surface area contributed by atoms with Gasteiger partial charge in [0.1, 0.15) is 4.90 Å². The molecule has 0 unspecified atom stereocenters. The van der Waals surface area contributed by atoms with Gasteiger partial charge in [-0.15, -0.1) is 4.83 Å². The Kier molecular flexibility index (Phi) is 5.62. The lowest BCUT2D eigenvalue weighted by Gasteiger charge is -2.26. The molecule has 0 bridgehead atoms. The number of sulfonamides is 1. The minimum Gasteiger partial charge on any atom is -0.320 e. The smallest absolute Gasteiger partial charge is 0.254 e. The predicted molar refractivity (Wildman–Crippen MR) is 83.1 cm³/mol. The predicted octanol–water partition coefficient (Wildman–Crippen LogP) is 1.33. The third-order valence-electron chi connectivity index (χ3n) is 3.16. The normalized spacial score (nSPS) is 16.3. The van der Waals surface area contributed by atoms with Crippen molar-refractivity contribution in [3.63, 3.8) is 0 Å². The average Bonchev–Trinajstić information content (AvgIpc) is 2.45. The third kappa shape index (κ3) is 4.43. The first kappa shape index (κ1) is 16.3. The van der Waals surface area contributed by atoms with Crippen LogP contribution in [0.5, 0.6) is 0 Å². The number of hydrogen-bond acceptors (Lipinski definition) is 4. The van der Waals surface area contributed by atoms with Crippen molar-refractivity contribution in [2.45, 2.75) is 24.2 Å². The van der Waals surface area contributed by atoms with E-state index >= 15 is 0 Å². The molecule has 1 heterocycles. The summed E-state index contributed by atoms with van der Waals surface area (Å²) in [4.78, 5) is 2.64. The van der Waals surface area contributed by atoms with Crippen LogP contribution in [0.25, 0.3) is 0 Å². The first-order valence-electron chi connectivity index (χ1n) is 6.79. The molecule has 1 fully saturated rings. The third-order valence-corrected chi connectivity index (χ3v) is 5.02. The fourth-order valence-electron chi connectivity index (χ4n) is 2.15. The van der Waals surface area contributed by atoms with Crippen molar-refractivity contribution in [2.24, 2.45) is 5.73 Å². The van der Waals surface area contributed by atoms with Crippen LogP contribution in [0.2, 0.25) is 5.02 Å². The highest BCUT2D eigenvalue weighted by Crippen LogP contribution is 2.23. The van der Waals surface area contributed by atoms with E-state index in [1.165, 1.54) is 12.1 Å². The van der Waals surface area contributed by atoms with Crippen LogP contribution >= 0.6 is 11.6 Å². The molecule has 1 aromatic carbocycles. The van der Waals surface area contributed by atoms with E-state index in [1.54, 1.807) is 11.1 Å². The maximum Gasteiger partial charge on any atom is 0.254 e. The average molecular weight is 328 g/mol. The van der Waals surface area contributed by atoms with E-state index in [0.29, 0.717) is 5.56 Å². The van der Waals surface area contributed by atoms with E-state index in [-0.39, 0.29) is 16.5 Å². The van der Waals surface area contributed by atoms with Crippen LogP contribution in [0.4, 0.5) is 0 Å². The second-order valence-electron chi connectivity index (χ2n) is 4.79. The highest BCUT2D eigenvalue weighted by molar-refractivity contribution is 7.89. The van der Waals surface area contributed by atoms with Gasteiger partial charge >= 0.3 is 0 Å². The lowest BCUT2D eigenvalue weighted by Crippen LogP contribution is -2.44. The van der Waals surface area contributed by atoms with Crippen molar-refractivity contribution in [1.82, 2.24) is 9.84 Å². The van der Waals surface area contributed by atoms with E-state index < -0.39 is 10.0 Å². The Morgan fingerprint density at radius 1 is 1.29 bits per heavy atom. The minimum absolute atomic E-state index is 0.0630. The summed E-state index contributed by atoms with van der Waals surface area (Å²) >= 11 is 6.07. The molecule has 0 aliphatic carbocycles. The van der Waals surface area contributed by atoms with Gasteiger partial charge in [0.05, 0.1) is 11.6 Å². The Morgan fingerprint density at radius 2 is 2.00 bits per heavy atom. The van der Waals surface area contributed by atoms with Crippen molar-refractivity contribution in [1.29, 1.82) is 0 Å². The number of nitrogens with zero attached hydrogens (tertiary/aromatic N) is 1. The first-order chi connectivity index (χ1) is 10.0. The molecule has 21 heavy (non-hydrogen) atoms.